The van der Waals surface area contributed by atoms with Gasteiger partial charge in [-0.1, -0.05) is 18.2 Å². The van der Waals surface area contributed by atoms with Crippen molar-refractivity contribution in [1.82, 2.24) is 4.90 Å². The van der Waals surface area contributed by atoms with Gasteiger partial charge in [0.05, 0.1) is 29.2 Å². The van der Waals surface area contributed by atoms with Gasteiger partial charge in [-0.25, -0.2) is 0 Å². The summed E-state index contributed by atoms with van der Waals surface area (Å²) >= 11 is 0. The molecule has 0 spiro atoms. The van der Waals surface area contributed by atoms with Crippen molar-refractivity contribution in [3.05, 3.63) is 70.3 Å². The lowest BCUT2D eigenvalue weighted by Gasteiger charge is -2.37. The fourth-order valence-corrected chi connectivity index (χ4v) is 2.98. The van der Waals surface area contributed by atoms with Gasteiger partial charge in [-0.15, -0.1) is 6.58 Å². The van der Waals surface area contributed by atoms with Crippen molar-refractivity contribution in [2.75, 3.05) is 19.0 Å². The number of carbonyl (C=O) groups excluding carboxylic acids is 1. The molecule has 0 aromatic heterocycles. The van der Waals surface area contributed by atoms with Gasteiger partial charge in [0.2, 0.25) is 0 Å². The number of nitrogens with one attached hydrogen (secondary N) is 1. The molecule has 0 unspecified atom stereocenters. The summed E-state index contributed by atoms with van der Waals surface area (Å²) in [4.78, 5) is 25.2. The van der Waals surface area contributed by atoms with Gasteiger partial charge in [-0.05, 0) is 18.2 Å². The fraction of sp³-hybridized carbons (Fsp3) is 0.167. The van der Waals surface area contributed by atoms with Gasteiger partial charge >= 0.3 is 0 Å². The summed E-state index contributed by atoms with van der Waals surface area (Å²) in [5.41, 5.74) is 0.930. The minimum Gasteiger partial charge on any atom is -0.504 e. The van der Waals surface area contributed by atoms with E-state index in [0.717, 1.165) is 6.07 Å². The number of ether oxygens (including phenoxy) is 1. The molecule has 0 saturated heterocycles. The molecule has 1 aliphatic rings. The zero-order chi connectivity index (χ0) is 18.8. The number of carbonyl (C=O) groups is 1. The van der Waals surface area contributed by atoms with Crippen molar-refractivity contribution >= 4 is 17.3 Å². The molecular weight excluding hydrogens is 338 g/mol. The van der Waals surface area contributed by atoms with Crippen molar-refractivity contribution in [3.8, 4) is 11.5 Å². The van der Waals surface area contributed by atoms with Crippen LogP contribution in [-0.2, 0) is 0 Å². The Morgan fingerprint density at radius 3 is 2.81 bits per heavy atom. The zero-order valence-electron chi connectivity index (χ0n) is 14.0. The van der Waals surface area contributed by atoms with Crippen LogP contribution >= 0.6 is 0 Å². The topological polar surface area (TPSA) is 105 Å². The molecule has 2 aromatic carbocycles. The quantitative estimate of drug-likeness (QED) is 0.485. The molecule has 2 N–H and O–H groups in total. The Kier molecular flexibility index (Phi) is 4.49. The molecule has 8 heteroatoms. The molecule has 8 nitrogen and oxygen atoms in total. The number of methoxy groups -OCH3 is 1. The number of nitro groups is 1. The average Bonchev–Trinajstić information content (AvgIpc) is 2.63. The van der Waals surface area contributed by atoms with E-state index in [0.29, 0.717) is 11.3 Å². The molecule has 3 rings (SSSR count). The van der Waals surface area contributed by atoms with Crippen LogP contribution in [0.25, 0.3) is 0 Å². The summed E-state index contributed by atoms with van der Waals surface area (Å²) in [6.45, 7) is 3.84. The van der Waals surface area contributed by atoms with Gasteiger partial charge in [-0.3, -0.25) is 14.9 Å². The van der Waals surface area contributed by atoms with E-state index in [9.17, 15) is 20.0 Å². The highest BCUT2D eigenvalue weighted by Crippen LogP contribution is 2.41. The number of nitrogens with zero attached hydrogens (tertiary/aromatic N) is 2. The van der Waals surface area contributed by atoms with E-state index >= 15 is 0 Å². The molecule has 0 saturated carbocycles. The van der Waals surface area contributed by atoms with Gasteiger partial charge in [0.1, 0.15) is 6.17 Å². The van der Waals surface area contributed by atoms with Gasteiger partial charge in [-0.2, -0.15) is 0 Å². The molecule has 0 aliphatic carbocycles. The lowest BCUT2D eigenvalue weighted by atomic mass is 10.0. The van der Waals surface area contributed by atoms with E-state index < -0.39 is 11.1 Å². The monoisotopic (exact) mass is 355 g/mol. The Morgan fingerprint density at radius 2 is 2.15 bits per heavy atom. The van der Waals surface area contributed by atoms with Crippen molar-refractivity contribution in [1.29, 1.82) is 0 Å². The summed E-state index contributed by atoms with van der Waals surface area (Å²) in [5.74, 6) is -0.538. The number of rotatable bonds is 5. The molecule has 0 fully saturated rings. The number of aromatic hydroxyl groups is 1. The number of benzene rings is 2. The van der Waals surface area contributed by atoms with Crippen LogP contribution in [-0.4, -0.2) is 34.5 Å². The third-order valence-corrected chi connectivity index (χ3v) is 4.17. The molecule has 1 amide bonds. The van der Waals surface area contributed by atoms with Gasteiger partial charge in [0, 0.05) is 12.2 Å². The highest BCUT2D eigenvalue weighted by molar-refractivity contribution is 6.01. The predicted molar refractivity (Wildman–Crippen MR) is 95.4 cm³/mol. The second-order valence-corrected chi connectivity index (χ2v) is 5.68. The van der Waals surface area contributed by atoms with Crippen LogP contribution in [0.1, 0.15) is 22.1 Å². The van der Waals surface area contributed by atoms with E-state index in [1.807, 2.05) is 0 Å². The minimum atomic E-state index is -0.815. The summed E-state index contributed by atoms with van der Waals surface area (Å²) in [6, 6.07) is 9.31. The van der Waals surface area contributed by atoms with Gasteiger partial charge in [0.25, 0.3) is 11.6 Å². The van der Waals surface area contributed by atoms with Crippen molar-refractivity contribution in [2.24, 2.45) is 0 Å². The molecule has 0 radical (unpaired) electrons. The Balaban J connectivity index is 2.19. The van der Waals surface area contributed by atoms with Crippen molar-refractivity contribution in [2.45, 2.75) is 6.17 Å². The first-order chi connectivity index (χ1) is 12.5. The summed E-state index contributed by atoms with van der Waals surface area (Å²) in [7, 11) is 1.35. The minimum absolute atomic E-state index is 0.0808. The third kappa shape index (κ3) is 2.81. The maximum Gasteiger partial charge on any atom is 0.280 e. The van der Waals surface area contributed by atoms with E-state index in [1.165, 1.54) is 18.1 Å². The molecular formula is C18H17N3O5. The molecule has 2 aromatic rings. The fourth-order valence-electron chi connectivity index (χ4n) is 2.98. The predicted octanol–water partition coefficient (Wildman–Crippen LogP) is 3.06. The molecule has 1 atom stereocenters. The number of para-hydroxylation sites is 1. The molecule has 26 heavy (non-hydrogen) atoms. The number of nitro benzene ring substituents is 1. The Hall–Kier alpha value is -3.55. The highest BCUT2D eigenvalue weighted by atomic mass is 16.6. The van der Waals surface area contributed by atoms with E-state index in [2.05, 4.69) is 11.9 Å². The first kappa shape index (κ1) is 17.3. The first-order valence-electron chi connectivity index (χ1n) is 7.80. The van der Waals surface area contributed by atoms with Crippen LogP contribution in [0, 0.1) is 10.1 Å². The molecule has 134 valence electrons. The number of amides is 1. The largest absolute Gasteiger partial charge is 0.504 e. The van der Waals surface area contributed by atoms with Crippen LogP contribution in [0.15, 0.2) is 49.1 Å². The summed E-state index contributed by atoms with van der Waals surface area (Å²) < 4.78 is 5.08. The van der Waals surface area contributed by atoms with Gasteiger partial charge in [0.15, 0.2) is 11.5 Å². The number of hydrogen-bond donors (Lipinski definition) is 2. The SMILES string of the molecule is C=CCN1C(=O)c2ccccc2N[C@@H]1c1cc(OC)c(O)cc1[N+](=O)[O-]. The third-order valence-electron chi connectivity index (χ3n) is 4.17. The smallest absolute Gasteiger partial charge is 0.280 e. The number of phenolic OH excluding ortho intramolecular Hbond substituents is 1. The maximum absolute atomic E-state index is 12.9. The van der Waals surface area contributed by atoms with E-state index in [4.69, 9.17) is 4.74 Å². The van der Waals surface area contributed by atoms with Crippen LogP contribution in [0.3, 0.4) is 0 Å². The normalized spacial score (nSPS) is 15.8. The number of hydrogen-bond acceptors (Lipinski definition) is 6. The summed E-state index contributed by atoms with van der Waals surface area (Å²) in [5, 5.41) is 24.6. The Labute approximate surface area is 149 Å². The lowest BCUT2D eigenvalue weighted by Crippen LogP contribution is -2.43. The molecule has 1 heterocycles. The first-order valence-corrected chi connectivity index (χ1v) is 7.80. The van der Waals surface area contributed by atoms with E-state index in [1.54, 1.807) is 30.3 Å². The number of fused-ring (bicyclic) bond motifs is 1. The lowest BCUT2D eigenvalue weighted by molar-refractivity contribution is -0.386. The Morgan fingerprint density at radius 1 is 1.42 bits per heavy atom. The van der Waals surface area contributed by atoms with Crippen LogP contribution in [0.4, 0.5) is 11.4 Å². The van der Waals surface area contributed by atoms with Crippen molar-refractivity contribution in [3.63, 3.8) is 0 Å². The van der Waals surface area contributed by atoms with Crippen LogP contribution < -0.4 is 10.1 Å². The molecule has 0 bridgehead atoms. The standard InChI is InChI=1S/C18H17N3O5/c1-3-8-20-17(19-13-7-5-4-6-11(13)18(20)23)12-9-16(26-2)15(22)10-14(12)21(24)25/h3-7,9-10,17,19,22H,1,8H2,2H3/t17-/m0/s1. The van der Waals surface area contributed by atoms with Crippen molar-refractivity contribution < 1.29 is 19.6 Å². The highest BCUT2D eigenvalue weighted by Gasteiger charge is 2.36. The van der Waals surface area contributed by atoms with Crippen LogP contribution in [0.5, 0.6) is 11.5 Å². The summed E-state index contributed by atoms with van der Waals surface area (Å²) in [6.07, 6.45) is 0.731. The second-order valence-electron chi connectivity index (χ2n) is 5.68. The van der Waals surface area contributed by atoms with E-state index in [-0.39, 0.29) is 35.2 Å². The number of phenols is 1. The van der Waals surface area contributed by atoms with Gasteiger partial charge < -0.3 is 20.1 Å². The number of anilines is 1. The second kappa shape index (κ2) is 6.75. The average molecular weight is 355 g/mol. The molecule has 1 aliphatic heterocycles. The maximum atomic E-state index is 12.9. The van der Waals surface area contributed by atoms with Crippen LogP contribution in [0.2, 0.25) is 0 Å². The zero-order valence-corrected chi connectivity index (χ0v) is 14.0. The Bertz CT molecular complexity index is 896.